The summed E-state index contributed by atoms with van der Waals surface area (Å²) >= 11 is 0. The minimum absolute atomic E-state index is 0.116. The number of rotatable bonds is 14. The third-order valence-electron chi connectivity index (χ3n) is 6.79. The third-order valence-corrected chi connectivity index (χ3v) is 6.79. The molecule has 0 aromatic heterocycles. The first kappa shape index (κ1) is 27.5. The van der Waals surface area contributed by atoms with Crippen molar-refractivity contribution < 1.29 is 34.7 Å². The smallest absolute Gasteiger partial charge is 0.306 e. The van der Waals surface area contributed by atoms with Crippen LogP contribution < -0.4 is 4.74 Å². The average Bonchev–Trinajstić information content (AvgIpc) is 2.86. The Hall–Kier alpha value is -3.09. The lowest BCUT2D eigenvalue weighted by Crippen LogP contribution is -2.34. The van der Waals surface area contributed by atoms with Crippen LogP contribution >= 0.6 is 0 Å². The first-order valence-electron chi connectivity index (χ1n) is 13.3. The molecule has 1 aliphatic heterocycles. The van der Waals surface area contributed by atoms with Gasteiger partial charge in [-0.1, -0.05) is 83.3 Å². The van der Waals surface area contributed by atoms with Gasteiger partial charge in [0.15, 0.2) is 29.1 Å². The predicted molar refractivity (Wildman–Crippen MR) is 138 cm³/mol. The summed E-state index contributed by atoms with van der Waals surface area (Å²) in [6.07, 6.45) is 12.3. The van der Waals surface area contributed by atoms with E-state index in [-0.39, 0.29) is 41.1 Å². The Labute approximate surface area is 213 Å². The number of unbranched alkanes of at least 4 members (excludes halogenated alkanes) is 10. The van der Waals surface area contributed by atoms with Gasteiger partial charge in [0.05, 0.1) is 0 Å². The molecule has 0 aliphatic carbocycles. The van der Waals surface area contributed by atoms with Gasteiger partial charge in [0.2, 0.25) is 5.75 Å². The van der Waals surface area contributed by atoms with Crippen LogP contribution in [-0.4, -0.2) is 32.5 Å². The highest BCUT2D eigenvalue weighted by atomic mass is 16.6. The third kappa shape index (κ3) is 7.70. The molecular weight excluding hydrogens is 460 g/mol. The standard InChI is InChI=1S/C29H40O7/c1-2-3-4-5-6-7-8-9-10-11-12-13-26(33)35-25-19-21-15-17-23(31)27(34)29(21)36-28(25)20-14-16-22(30)24(32)18-20/h14-18,25,28,30-32,34H,2-13,19H2,1H3/t25-,28+/m1/s1. The molecule has 2 aromatic rings. The Morgan fingerprint density at radius 1 is 0.833 bits per heavy atom. The summed E-state index contributed by atoms with van der Waals surface area (Å²) in [6, 6.07) is 7.23. The summed E-state index contributed by atoms with van der Waals surface area (Å²) in [5, 5.41) is 39.8. The number of phenols is 4. The predicted octanol–water partition coefficient (Wildman–Crippen LogP) is 6.80. The number of esters is 1. The number of hydrogen-bond donors (Lipinski definition) is 4. The van der Waals surface area contributed by atoms with Gasteiger partial charge in [0.1, 0.15) is 6.10 Å². The molecule has 0 saturated heterocycles. The highest BCUT2D eigenvalue weighted by Gasteiger charge is 2.36. The summed E-state index contributed by atoms with van der Waals surface area (Å²) in [7, 11) is 0. The highest BCUT2D eigenvalue weighted by molar-refractivity contribution is 5.70. The van der Waals surface area contributed by atoms with E-state index in [4.69, 9.17) is 9.47 Å². The molecular formula is C29H40O7. The molecule has 1 heterocycles. The Kier molecular flexibility index (Phi) is 10.6. The molecule has 0 spiro atoms. The van der Waals surface area contributed by atoms with Crippen molar-refractivity contribution in [3.63, 3.8) is 0 Å². The zero-order valence-electron chi connectivity index (χ0n) is 21.2. The topological polar surface area (TPSA) is 116 Å². The Balaban J connectivity index is 1.51. The van der Waals surface area contributed by atoms with Gasteiger partial charge in [0, 0.05) is 24.0 Å². The highest BCUT2D eigenvalue weighted by Crippen LogP contribution is 2.46. The van der Waals surface area contributed by atoms with Crippen molar-refractivity contribution in [1.82, 2.24) is 0 Å². The van der Waals surface area contributed by atoms with Crippen LogP contribution in [-0.2, 0) is 16.0 Å². The fourth-order valence-corrected chi connectivity index (χ4v) is 4.69. The Morgan fingerprint density at radius 2 is 1.44 bits per heavy atom. The zero-order valence-corrected chi connectivity index (χ0v) is 21.2. The van der Waals surface area contributed by atoms with Crippen LogP contribution in [0.15, 0.2) is 30.3 Å². The Bertz CT molecular complexity index is 988. The second-order valence-corrected chi connectivity index (χ2v) is 9.73. The van der Waals surface area contributed by atoms with Crippen LogP contribution in [0.1, 0.15) is 101 Å². The van der Waals surface area contributed by atoms with Gasteiger partial charge in [-0.05, 0) is 24.6 Å². The second-order valence-electron chi connectivity index (χ2n) is 9.73. The molecule has 36 heavy (non-hydrogen) atoms. The molecule has 198 valence electrons. The number of ether oxygens (including phenoxy) is 2. The number of carbonyl (C=O) groups excluding carboxylic acids is 1. The van der Waals surface area contributed by atoms with Crippen molar-refractivity contribution in [3.8, 4) is 28.7 Å². The first-order chi connectivity index (χ1) is 17.4. The van der Waals surface area contributed by atoms with Crippen LogP contribution in [0.4, 0.5) is 0 Å². The largest absolute Gasteiger partial charge is 0.504 e. The fraction of sp³-hybridized carbons (Fsp3) is 0.552. The lowest BCUT2D eigenvalue weighted by atomic mass is 9.93. The molecule has 4 N–H and O–H groups in total. The van der Waals surface area contributed by atoms with E-state index in [1.165, 1.54) is 69.6 Å². The number of fused-ring (bicyclic) bond motifs is 1. The van der Waals surface area contributed by atoms with E-state index in [0.29, 0.717) is 17.5 Å². The fourth-order valence-electron chi connectivity index (χ4n) is 4.69. The van der Waals surface area contributed by atoms with Crippen molar-refractivity contribution in [3.05, 3.63) is 41.5 Å². The quantitative estimate of drug-likeness (QED) is 0.128. The summed E-state index contributed by atoms with van der Waals surface area (Å²) in [5.74, 6) is -1.50. The molecule has 2 aromatic carbocycles. The lowest BCUT2D eigenvalue weighted by Gasteiger charge is -2.34. The van der Waals surface area contributed by atoms with E-state index < -0.39 is 12.2 Å². The molecule has 0 bridgehead atoms. The summed E-state index contributed by atoms with van der Waals surface area (Å²) in [6.45, 7) is 2.23. The SMILES string of the molecule is CCCCCCCCCCCCCC(=O)O[C@@H]1Cc2ccc(O)c(O)c2O[C@H]1c1ccc(O)c(O)c1. The van der Waals surface area contributed by atoms with Crippen molar-refractivity contribution in [1.29, 1.82) is 0 Å². The normalized spacial score (nSPS) is 16.8. The van der Waals surface area contributed by atoms with E-state index in [0.717, 1.165) is 19.3 Å². The molecule has 0 fully saturated rings. The average molecular weight is 501 g/mol. The minimum Gasteiger partial charge on any atom is -0.504 e. The van der Waals surface area contributed by atoms with Crippen LogP contribution in [0.25, 0.3) is 0 Å². The molecule has 7 nitrogen and oxygen atoms in total. The van der Waals surface area contributed by atoms with Crippen molar-refractivity contribution >= 4 is 5.97 Å². The number of phenolic OH excluding ortho intramolecular Hbond substituents is 4. The summed E-state index contributed by atoms with van der Waals surface area (Å²) < 4.78 is 11.8. The molecule has 2 atom stereocenters. The van der Waals surface area contributed by atoms with E-state index >= 15 is 0 Å². The first-order valence-corrected chi connectivity index (χ1v) is 13.3. The summed E-state index contributed by atoms with van der Waals surface area (Å²) in [4.78, 5) is 12.6. The van der Waals surface area contributed by atoms with Gasteiger partial charge in [-0.2, -0.15) is 0 Å². The maximum atomic E-state index is 12.6. The number of carbonyl (C=O) groups is 1. The van der Waals surface area contributed by atoms with E-state index in [9.17, 15) is 25.2 Å². The molecule has 0 radical (unpaired) electrons. The second kappa shape index (κ2) is 13.9. The van der Waals surface area contributed by atoms with Crippen LogP contribution in [0.3, 0.4) is 0 Å². The minimum atomic E-state index is -0.821. The maximum Gasteiger partial charge on any atom is 0.306 e. The monoisotopic (exact) mass is 500 g/mol. The molecule has 3 rings (SSSR count). The van der Waals surface area contributed by atoms with Crippen LogP contribution in [0.5, 0.6) is 28.7 Å². The lowest BCUT2D eigenvalue weighted by molar-refractivity contribution is -0.155. The van der Waals surface area contributed by atoms with E-state index in [1.807, 2.05) is 0 Å². The van der Waals surface area contributed by atoms with Crippen molar-refractivity contribution in [2.75, 3.05) is 0 Å². The van der Waals surface area contributed by atoms with Gasteiger partial charge in [0.25, 0.3) is 0 Å². The van der Waals surface area contributed by atoms with Crippen molar-refractivity contribution in [2.24, 2.45) is 0 Å². The van der Waals surface area contributed by atoms with E-state index in [1.54, 1.807) is 12.1 Å². The molecule has 0 saturated carbocycles. The molecule has 0 unspecified atom stereocenters. The van der Waals surface area contributed by atoms with Gasteiger partial charge in [-0.25, -0.2) is 0 Å². The van der Waals surface area contributed by atoms with Crippen molar-refractivity contribution in [2.45, 2.75) is 103 Å². The number of aromatic hydroxyl groups is 4. The molecule has 7 heteroatoms. The molecule has 1 aliphatic rings. The Morgan fingerprint density at radius 3 is 2.08 bits per heavy atom. The van der Waals surface area contributed by atoms with Gasteiger partial charge < -0.3 is 29.9 Å². The van der Waals surface area contributed by atoms with Gasteiger partial charge in [-0.15, -0.1) is 0 Å². The zero-order chi connectivity index (χ0) is 25.9. The number of benzene rings is 2. The maximum absolute atomic E-state index is 12.6. The van der Waals surface area contributed by atoms with Crippen LogP contribution in [0, 0.1) is 0 Å². The van der Waals surface area contributed by atoms with E-state index in [2.05, 4.69) is 6.92 Å². The number of hydrogen-bond acceptors (Lipinski definition) is 7. The molecule has 0 amide bonds. The van der Waals surface area contributed by atoms with Gasteiger partial charge in [-0.3, -0.25) is 4.79 Å². The van der Waals surface area contributed by atoms with Gasteiger partial charge >= 0.3 is 5.97 Å². The van der Waals surface area contributed by atoms with Crippen LogP contribution in [0.2, 0.25) is 0 Å². The summed E-state index contributed by atoms with van der Waals surface area (Å²) in [5.41, 5.74) is 1.09.